The van der Waals surface area contributed by atoms with E-state index in [1.54, 1.807) is 43.0 Å². The maximum atomic E-state index is 13.5. The number of sulfonamides is 1. The fourth-order valence-electron chi connectivity index (χ4n) is 3.60. The molecule has 1 aliphatic rings. The molecule has 2 aromatic heterocycles. The van der Waals surface area contributed by atoms with Crippen molar-refractivity contribution in [2.75, 3.05) is 7.11 Å². The topological polar surface area (TPSA) is 84.8 Å². The Morgan fingerprint density at radius 2 is 1.81 bits per heavy atom. The van der Waals surface area contributed by atoms with Crippen LogP contribution in [0.25, 0.3) is 11.0 Å². The van der Waals surface area contributed by atoms with Gasteiger partial charge in [-0.1, -0.05) is 6.07 Å². The van der Waals surface area contributed by atoms with Gasteiger partial charge in [0, 0.05) is 24.4 Å². The lowest BCUT2D eigenvalue weighted by molar-refractivity contribution is 0.371. The summed E-state index contributed by atoms with van der Waals surface area (Å²) in [4.78, 5) is 8.83. The number of rotatable bonds is 5. The molecule has 0 radical (unpaired) electrons. The van der Waals surface area contributed by atoms with Gasteiger partial charge in [-0.15, -0.1) is 0 Å². The van der Waals surface area contributed by atoms with Gasteiger partial charge in [0.25, 0.3) is 10.0 Å². The Hall–Kier alpha value is -3.30. The Labute approximate surface area is 183 Å². The molecule has 31 heavy (non-hydrogen) atoms. The number of benzene rings is 2. The van der Waals surface area contributed by atoms with Crippen molar-refractivity contribution in [3.05, 3.63) is 82.8 Å². The minimum absolute atomic E-state index is 0.161. The molecular weight excluding hydrogens is 432 g/mol. The highest BCUT2D eigenvalue weighted by Crippen LogP contribution is 2.38. The van der Waals surface area contributed by atoms with Crippen LogP contribution in [0.2, 0.25) is 0 Å². The highest BCUT2D eigenvalue weighted by Gasteiger charge is 2.38. The normalized spacial score (nSPS) is 16.5. The third kappa shape index (κ3) is 3.55. The van der Waals surface area contributed by atoms with E-state index in [1.165, 1.54) is 16.5 Å². The lowest BCUT2D eigenvalue weighted by atomic mass is 10.00. The zero-order valence-electron chi connectivity index (χ0n) is 16.5. The predicted octanol–water partition coefficient (Wildman–Crippen LogP) is 4.24. The number of nitrogens with zero attached hydrogens (tertiary/aromatic N) is 4. The van der Waals surface area contributed by atoms with Crippen molar-refractivity contribution in [2.45, 2.75) is 17.4 Å². The third-order valence-corrected chi connectivity index (χ3v) is 7.59. The van der Waals surface area contributed by atoms with Crippen molar-refractivity contribution in [3.8, 4) is 5.75 Å². The summed E-state index contributed by atoms with van der Waals surface area (Å²) in [6.07, 6.45) is 3.73. The van der Waals surface area contributed by atoms with Crippen molar-refractivity contribution < 1.29 is 13.2 Å². The molecule has 1 atom stereocenters. The van der Waals surface area contributed by atoms with E-state index in [0.29, 0.717) is 17.7 Å². The Kier molecular flexibility index (Phi) is 4.91. The van der Waals surface area contributed by atoms with Crippen molar-refractivity contribution in [1.29, 1.82) is 0 Å². The maximum absolute atomic E-state index is 13.5. The van der Waals surface area contributed by atoms with Crippen LogP contribution in [-0.2, 0) is 10.0 Å². The number of methoxy groups -OCH3 is 1. The fraction of sp³-hybridized carbons (Fsp3) is 0.136. The van der Waals surface area contributed by atoms with Gasteiger partial charge in [-0.3, -0.25) is 9.97 Å². The summed E-state index contributed by atoms with van der Waals surface area (Å²) in [5.74, 6) is 0.590. The Morgan fingerprint density at radius 1 is 1.03 bits per heavy atom. The number of ether oxygens (including phenoxy) is 1. The molecule has 3 heterocycles. The monoisotopic (exact) mass is 450 g/mol. The van der Waals surface area contributed by atoms with Crippen molar-refractivity contribution in [2.24, 2.45) is 5.10 Å². The van der Waals surface area contributed by atoms with Gasteiger partial charge in [0.2, 0.25) is 0 Å². The van der Waals surface area contributed by atoms with Crippen LogP contribution >= 0.6 is 11.3 Å². The van der Waals surface area contributed by atoms with Gasteiger partial charge in [-0.05, 0) is 58.8 Å². The zero-order valence-corrected chi connectivity index (χ0v) is 18.2. The molecule has 2 aromatic carbocycles. The number of thiophene rings is 1. The van der Waals surface area contributed by atoms with Crippen molar-refractivity contribution in [3.63, 3.8) is 0 Å². The fourth-order valence-corrected chi connectivity index (χ4v) is 5.70. The van der Waals surface area contributed by atoms with Crippen LogP contribution in [0.1, 0.15) is 23.6 Å². The van der Waals surface area contributed by atoms with Crippen LogP contribution in [-0.4, -0.2) is 35.6 Å². The first kappa shape index (κ1) is 19.7. The largest absolute Gasteiger partial charge is 0.497 e. The standard InChI is InChI=1S/C22H18N4O3S2/c1-29-17-3-5-18(6-4-17)31(27,28)26-22(13-20(25-26)16-8-11-30-14-16)15-2-7-19-21(12-15)24-10-9-23-19/h2-12,14,22H,13H2,1H3. The molecule has 0 amide bonds. The highest BCUT2D eigenvalue weighted by molar-refractivity contribution is 7.89. The number of hydrogen-bond acceptors (Lipinski definition) is 7. The van der Waals surface area contributed by atoms with E-state index in [4.69, 9.17) is 4.74 Å². The van der Waals surface area contributed by atoms with Crippen LogP contribution < -0.4 is 4.74 Å². The molecule has 9 heteroatoms. The summed E-state index contributed by atoms with van der Waals surface area (Å²) in [7, 11) is -2.34. The molecular formula is C22H18N4O3S2. The quantitative estimate of drug-likeness (QED) is 0.454. The second-order valence-electron chi connectivity index (χ2n) is 7.04. The number of hydrogen-bond donors (Lipinski definition) is 0. The van der Waals surface area contributed by atoms with Gasteiger partial charge >= 0.3 is 0 Å². The third-order valence-electron chi connectivity index (χ3n) is 5.21. The second kappa shape index (κ2) is 7.75. The summed E-state index contributed by atoms with van der Waals surface area (Å²) >= 11 is 1.55. The summed E-state index contributed by atoms with van der Waals surface area (Å²) in [6, 6.07) is 13.5. The van der Waals surface area contributed by atoms with Gasteiger partial charge in [0.05, 0.1) is 34.8 Å². The first-order chi connectivity index (χ1) is 15.1. The number of hydrazone groups is 1. The average Bonchev–Trinajstić information content (AvgIpc) is 3.49. The predicted molar refractivity (Wildman–Crippen MR) is 120 cm³/mol. The summed E-state index contributed by atoms with van der Waals surface area (Å²) in [5.41, 5.74) is 3.96. The summed E-state index contributed by atoms with van der Waals surface area (Å²) < 4.78 is 33.5. The molecule has 7 nitrogen and oxygen atoms in total. The minimum Gasteiger partial charge on any atom is -0.497 e. The first-order valence-electron chi connectivity index (χ1n) is 9.55. The van der Waals surface area contributed by atoms with Crippen LogP contribution in [0, 0.1) is 0 Å². The Bertz CT molecular complexity index is 1370. The van der Waals surface area contributed by atoms with E-state index < -0.39 is 16.1 Å². The van der Waals surface area contributed by atoms with Crippen molar-refractivity contribution >= 4 is 38.1 Å². The molecule has 0 saturated heterocycles. The summed E-state index contributed by atoms with van der Waals surface area (Å²) in [5, 5.41) is 8.50. The molecule has 1 aliphatic heterocycles. The molecule has 156 valence electrons. The molecule has 5 rings (SSSR count). The molecule has 4 aromatic rings. The average molecular weight is 451 g/mol. The lowest BCUT2D eigenvalue weighted by Gasteiger charge is -2.23. The van der Waals surface area contributed by atoms with E-state index in [1.807, 2.05) is 35.0 Å². The van der Waals surface area contributed by atoms with Crippen molar-refractivity contribution in [1.82, 2.24) is 14.4 Å². The molecule has 0 fully saturated rings. The second-order valence-corrected chi connectivity index (χ2v) is 9.61. The van der Waals surface area contributed by atoms with Crippen LogP contribution in [0.5, 0.6) is 5.75 Å². The first-order valence-corrected chi connectivity index (χ1v) is 11.9. The number of aromatic nitrogens is 2. The lowest BCUT2D eigenvalue weighted by Crippen LogP contribution is -2.27. The maximum Gasteiger partial charge on any atom is 0.279 e. The molecule has 0 spiro atoms. The van der Waals surface area contributed by atoms with Gasteiger partial charge in [-0.25, -0.2) is 0 Å². The Morgan fingerprint density at radius 3 is 2.52 bits per heavy atom. The number of fused-ring (bicyclic) bond motifs is 1. The highest BCUT2D eigenvalue weighted by atomic mass is 32.2. The minimum atomic E-state index is -3.88. The van der Waals surface area contributed by atoms with Crippen LogP contribution in [0.15, 0.2) is 81.7 Å². The van der Waals surface area contributed by atoms with Gasteiger partial charge < -0.3 is 4.74 Å². The van der Waals surface area contributed by atoms with E-state index in [-0.39, 0.29) is 4.90 Å². The Balaban J connectivity index is 1.60. The molecule has 1 unspecified atom stereocenters. The van der Waals surface area contributed by atoms with E-state index in [0.717, 1.165) is 22.4 Å². The SMILES string of the molecule is COc1ccc(S(=O)(=O)N2N=C(c3ccsc3)CC2c2ccc3nccnc3c2)cc1. The van der Waals surface area contributed by atoms with E-state index >= 15 is 0 Å². The van der Waals surface area contributed by atoms with E-state index in [2.05, 4.69) is 15.1 Å². The smallest absolute Gasteiger partial charge is 0.279 e. The van der Waals surface area contributed by atoms with Gasteiger partial charge in [-0.2, -0.15) is 29.3 Å². The van der Waals surface area contributed by atoms with Crippen LogP contribution in [0.3, 0.4) is 0 Å². The van der Waals surface area contributed by atoms with Gasteiger partial charge in [0.15, 0.2) is 0 Å². The zero-order chi connectivity index (χ0) is 21.4. The summed E-state index contributed by atoms with van der Waals surface area (Å²) in [6.45, 7) is 0. The van der Waals surface area contributed by atoms with E-state index in [9.17, 15) is 8.42 Å². The molecule has 0 aliphatic carbocycles. The molecule has 0 bridgehead atoms. The molecule has 0 N–H and O–H groups in total. The van der Waals surface area contributed by atoms with Crippen LogP contribution in [0.4, 0.5) is 0 Å². The molecule has 0 saturated carbocycles. The van der Waals surface area contributed by atoms with Gasteiger partial charge in [0.1, 0.15) is 5.75 Å².